The van der Waals surface area contributed by atoms with Crippen LogP contribution in [0.2, 0.25) is 0 Å². The molecule has 2 aromatic heterocycles. The normalized spacial score (nSPS) is 17.5. The number of rotatable bonds is 2. The molecule has 0 radical (unpaired) electrons. The lowest BCUT2D eigenvalue weighted by Crippen LogP contribution is -2.50. The van der Waals surface area contributed by atoms with Crippen LogP contribution in [0, 0.1) is 6.92 Å². The number of nitrogens with zero attached hydrogens (tertiary/aromatic N) is 6. The van der Waals surface area contributed by atoms with Crippen molar-refractivity contribution in [2.75, 3.05) is 26.2 Å². The third-order valence-electron chi connectivity index (χ3n) is 4.84. The van der Waals surface area contributed by atoms with Crippen molar-refractivity contribution >= 4 is 23.3 Å². The molecule has 0 saturated carbocycles. The Hall–Kier alpha value is -2.29. The van der Waals surface area contributed by atoms with Gasteiger partial charge in [-0.2, -0.15) is 5.10 Å². The maximum absolute atomic E-state index is 12.7. The maximum atomic E-state index is 12.7. The van der Waals surface area contributed by atoms with Crippen LogP contribution in [0.4, 0.5) is 0 Å². The Morgan fingerprint density at radius 3 is 2.40 bits per heavy atom. The second kappa shape index (κ2) is 6.55. The standard InChI is InChI=1S/C16H20N6O2S/c1-11-14(25-19-17-11)16(24)21-8-6-20(7-9-21)15(23)13-10-12-4-2-3-5-22(12)18-13/h10H,2-9H2,1H3. The second-order valence-electron chi connectivity index (χ2n) is 6.47. The third kappa shape index (κ3) is 3.04. The highest BCUT2D eigenvalue weighted by atomic mass is 32.1. The summed E-state index contributed by atoms with van der Waals surface area (Å²) in [5.41, 5.74) is 2.34. The van der Waals surface area contributed by atoms with E-state index in [1.165, 1.54) is 0 Å². The predicted molar refractivity (Wildman–Crippen MR) is 91.6 cm³/mol. The molecule has 1 saturated heterocycles. The Balaban J connectivity index is 1.40. The summed E-state index contributed by atoms with van der Waals surface area (Å²) < 4.78 is 5.78. The van der Waals surface area contributed by atoms with Gasteiger partial charge in [0.2, 0.25) is 0 Å². The summed E-state index contributed by atoms with van der Waals surface area (Å²) in [6, 6.07) is 1.92. The van der Waals surface area contributed by atoms with Crippen molar-refractivity contribution < 1.29 is 9.59 Å². The van der Waals surface area contributed by atoms with Gasteiger partial charge in [-0.25, -0.2) is 0 Å². The van der Waals surface area contributed by atoms with Gasteiger partial charge in [-0.05, 0) is 43.8 Å². The van der Waals surface area contributed by atoms with Crippen LogP contribution in [-0.2, 0) is 13.0 Å². The zero-order valence-electron chi connectivity index (χ0n) is 14.1. The molecule has 1 fully saturated rings. The number of aromatic nitrogens is 4. The quantitative estimate of drug-likeness (QED) is 0.797. The zero-order chi connectivity index (χ0) is 17.4. The van der Waals surface area contributed by atoms with Gasteiger partial charge < -0.3 is 9.80 Å². The van der Waals surface area contributed by atoms with Gasteiger partial charge in [0.25, 0.3) is 11.8 Å². The van der Waals surface area contributed by atoms with Crippen molar-refractivity contribution in [3.63, 3.8) is 0 Å². The Labute approximate surface area is 149 Å². The van der Waals surface area contributed by atoms with Crippen LogP contribution in [-0.4, -0.2) is 67.2 Å². The first-order valence-electron chi connectivity index (χ1n) is 8.58. The van der Waals surface area contributed by atoms with E-state index in [4.69, 9.17) is 0 Å². The van der Waals surface area contributed by atoms with Gasteiger partial charge in [0.05, 0.1) is 5.69 Å². The Bertz CT molecular complexity index is 782. The van der Waals surface area contributed by atoms with E-state index in [1.807, 2.05) is 10.7 Å². The van der Waals surface area contributed by atoms with Crippen LogP contribution in [0.25, 0.3) is 0 Å². The van der Waals surface area contributed by atoms with Crippen molar-refractivity contribution in [1.29, 1.82) is 0 Å². The van der Waals surface area contributed by atoms with Crippen molar-refractivity contribution in [2.45, 2.75) is 32.7 Å². The minimum Gasteiger partial charge on any atom is -0.334 e. The molecule has 0 unspecified atom stereocenters. The number of fused-ring (bicyclic) bond motifs is 1. The van der Waals surface area contributed by atoms with Crippen LogP contribution in [0.1, 0.15) is 44.4 Å². The Kier molecular flexibility index (Phi) is 4.24. The largest absolute Gasteiger partial charge is 0.334 e. The molecule has 0 bridgehead atoms. The first-order valence-corrected chi connectivity index (χ1v) is 9.35. The fourth-order valence-corrected chi connectivity index (χ4v) is 3.99. The smallest absolute Gasteiger partial charge is 0.274 e. The van der Waals surface area contributed by atoms with Gasteiger partial charge in [-0.15, -0.1) is 5.10 Å². The number of hydrogen-bond acceptors (Lipinski definition) is 6. The summed E-state index contributed by atoms with van der Waals surface area (Å²) in [4.78, 5) is 29.3. The fourth-order valence-electron chi connectivity index (χ4n) is 3.37. The van der Waals surface area contributed by atoms with Crippen LogP contribution in [0.3, 0.4) is 0 Å². The van der Waals surface area contributed by atoms with E-state index < -0.39 is 0 Å². The molecule has 0 aliphatic carbocycles. The number of carbonyl (C=O) groups excluding carboxylic acids is 2. The Morgan fingerprint density at radius 2 is 1.76 bits per heavy atom. The number of amides is 2. The van der Waals surface area contributed by atoms with Crippen LogP contribution in [0.5, 0.6) is 0 Å². The van der Waals surface area contributed by atoms with E-state index in [1.54, 1.807) is 16.7 Å². The molecule has 4 heterocycles. The number of hydrogen-bond donors (Lipinski definition) is 0. The molecule has 0 atom stereocenters. The minimum absolute atomic E-state index is 0.0374. The SMILES string of the molecule is Cc1nnsc1C(=O)N1CCN(C(=O)c2cc3n(n2)CCCC3)CC1. The summed E-state index contributed by atoms with van der Waals surface area (Å²) in [7, 11) is 0. The lowest BCUT2D eigenvalue weighted by Gasteiger charge is -2.34. The van der Waals surface area contributed by atoms with Crippen molar-refractivity contribution in [3.8, 4) is 0 Å². The summed E-state index contributed by atoms with van der Waals surface area (Å²) in [6.07, 6.45) is 3.27. The summed E-state index contributed by atoms with van der Waals surface area (Å²) in [5.74, 6) is -0.0818. The first kappa shape index (κ1) is 16.2. The molecule has 132 valence electrons. The lowest BCUT2D eigenvalue weighted by atomic mass is 10.1. The molecule has 2 amide bonds. The van der Waals surface area contributed by atoms with Gasteiger partial charge in [0.15, 0.2) is 5.69 Å². The third-order valence-corrected chi connectivity index (χ3v) is 5.65. The van der Waals surface area contributed by atoms with Gasteiger partial charge in [-0.1, -0.05) is 4.49 Å². The topological polar surface area (TPSA) is 84.2 Å². The van der Waals surface area contributed by atoms with E-state index >= 15 is 0 Å². The van der Waals surface area contributed by atoms with Crippen molar-refractivity contribution in [1.82, 2.24) is 29.2 Å². The summed E-state index contributed by atoms with van der Waals surface area (Å²) in [6.45, 7) is 4.78. The molecule has 4 rings (SSSR count). The highest BCUT2D eigenvalue weighted by Crippen LogP contribution is 2.18. The van der Waals surface area contributed by atoms with Crippen LogP contribution >= 0.6 is 11.5 Å². The number of aryl methyl sites for hydroxylation is 3. The van der Waals surface area contributed by atoms with Crippen LogP contribution < -0.4 is 0 Å². The lowest BCUT2D eigenvalue weighted by molar-refractivity contribution is 0.0534. The van der Waals surface area contributed by atoms with Gasteiger partial charge >= 0.3 is 0 Å². The fraction of sp³-hybridized carbons (Fsp3) is 0.562. The summed E-state index contributed by atoms with van der Waals surface area (Å²) in [5, 5.41) is 8.36. The van der Waals surface area contributed by atoms with Gasteiger partial charge in [-0.3, -0.25) is 14.3 Å². The Morgan fingerprint density at radius 1 is 1.04 bits per heavy atom. The molecule has 9 heteroatoms. The molecule has 8 nitrogen and oxygen atoms in total. The highest BCUT2D eigenvalue weighted by molar-refractivity contribution is 7.07. The number of piperazine rings is 1. The van der Waals surface area contributed by atoms with Crippen molar-refractivity contribution in [2.24, 2.45) is 0 Å². The van der Waals surface area contributed by atoms with Gasteiger partial charge in [0.1, 0.15) is 4.88 Å². The molecule has 0 N–H and O–H groups in total. The molecule has 25 heavy (non-hydrogen) atoms. The second-order valence-corrected chi connectivity index (χ2v) is 7.23. The molecule has 0 spiro atoms. The van der Waals surface area contributed by atoms with E-state index in [9.17, 15) is 9.59 Å². The molecule has 2 aliphatic rings. The monoisotopic (exact) mass is 360 g/mol. The van der Waals surface area contributed by atoms with E-state index in [0.29, 0.717) is 42.4 Å². The molecule has 2 aliphatic heterocycles. The molecular weight excluding hydrogens is 340 g/mol. The molecular formula is C16H20N6O2S. The zero-order valence-corrected chi connectivity index (χ0v) is 15.0. The van der Waals surface area contributed by atoms with Gasteiger partial charge in [0, 0.05) is 38.4 Å². The van der Waals surface area contributed by atoms with Crippen molar-refractivity contribution in [3.05, 3.63) is 28.0 Å². The number of carbonyl (C=O) groups is 2. The van der Waals surface area contributed by atoms with Crippen LogP contribution in [0.15, 0.2) is 6.07 Å². The van der Waals surface area contributed by atoms with E-state index in [-0.39, 0.29) is 11.8 Å². The molecule has 2 aromatic rings. The molecule has 0 aromatic carbocycles. The average molecular weight is 360 g/mol. The maximum Gasteiger partial charge on any atom is 0.274 e. The summed E-state index contributed by atoms with van der Waals surface area (Å²) >= 11 is 1.12. The van der Waals surface area contributed by atoms with E-state index in [2.05, 4.69) is 14.7 Å². The minimum atomic E-state index is -0.0444. The highest BCUT2D eigenvalue weighted by Gasteiger charge is 2.29. The average Bonchev–Trinajstić information content (AvgIpc) is 3.26. The first-order chi connectivity index (χ1) is 12.1. The van der Waals surface area contributed by atoms with E-state index in [0.717, 1.165) is 43.0 Å². The predicted octanol–water partition coefficient (Wildman–Crippen LogP) is 0.978.